The van der Waals surface area contributed by atoms with Crippen molar-refractivity contribution in [2.75, 3.05) is 7.11 Å². The van der Waals surface area contributed by atoms with Gasteiger partial charge in [-0.2, -0.15) is 0 Å². The summed E-state index contributed by atoms with van der Waals surface area (Å²) in [7, 11) is 1.42. The van der Waals surface area contributed by atoms with Gasteiger partial charge in [0.25, 0.3) is 0 Å². The third-order valence-corrected chi connectivity index (χ3v) is 4.27. The van der Waals surface area contributed by atoms with Crippen LogP contribution in [0.25, 0.3) is 0 Å². The van der Waals surface area contributed by atoms with E-state index in [1.54, 1.807) is 0 Å². The normalized spacial score (nSPS) is 16.1. The molecule has 1 heterocycles. The van der Waals surface area contributed by atoms with Crippen LogP contribution in [0.1, 0.15) is 31.9 Å². The number of carbonyl (C=O) groups excluding carboxylic acids is 3. The topological polar surface area (TPSA) is 69.7 Å². The van der Waals surface area contributed by atoms with E-state index in [1.165, 1.54) is 12.7 Å². The predicted octanol–water partition coefficient (Wildman–Crippen LogP) is 3.99. The van der Waals surface area contributed by atoms with Crippen molar-refractivity contribution in [1.29, 1.82) is 0 Å². The molecule has 0 aliphatic carbocycles. The highest BCUT2D eigenvalue weighted by molar-refractivity contribution is 5.94. The summed E-state index contributed by atoms with van der Waals surface area (Å²) >= 11 is 0. The fourth-order valence-corrected chi connectivity index (χ4v) is 2.83. The number of cyclic esters (lactones) is 2. The lowest BCUT2D eigenvalue weighted by atomic mass is 9.98. The number of esters is 3. The zero-order chi connectivity index (χ0) is 19.6. The first-order chi connectivity index (χ1) is 13.0. The van der Waals surface area contributed by atoms with Gasteiger partial charge in [0.15, 0.2) is 0 Å². The third-order valence-electron chi connectivity index (χ3n) is 4.27. The van der Waals surface area contributed by atoms with Gasteiger partial charge < -0.3 is 9.47 Å². The van der Waals surface area contributed by atoms with Gasteiger partial charge >= 0.3 is 17.9 Å². The minimum Gasteiger partial charge on any atom is -0.469 e. The summed E-state index contributed by atoms with van der Waals surface area (Å²) in [5, 5.41) is 0. The third kappa shape index (κ3) is 7.35. The number of benzene rings is 2. The summed E-state index contributed by atoms with van der Waals surface area (Å²) < 4.78 is 9.11. The van der Waals surface area contributed by atoms with Gasteiger partial charge in [0.1, 0.15) is 0 Å². The molecule has 0 radical (unpaired) electrons. The maximum atomic E-state index is 11.1. The van der Waals surface area contributed by atoms with Gasteiger partial charge in [0, 0.05) is 0 Å². The van der Waals surface area contributed by atoms with Crippen LogP contribution in [-0.4, -0.2) is 25.0 Å². The first kappa shape index (κ1) is 23.1. The Balaban J connectivity index is 0.000000271. The maximum Gasteiger partial charge on any atom is 0.317 e. The fraction of sp³-hybridized carbons (Fsp3) is 0.348. The van der Waals surface area contributed by atoms with Gasteiger partial charge in [-0.25, -0.2) is 0 Å². The van der Waals surface area contributed by atoms with Crippen LogP contribution in [-0.2, 0) is 36.7 Å². The van der Waals surface area contributed by atoms with Crippen molar-refractivity contribution < 1.29 is 23.9 Å². The minimum atomic E-state index is -0.407. The van der Waals surface area contributed by atoms with Crippen molar-refractivity contribution in [1.82, 2.24) is 0 Å². The number of carbonyl (C=O) groups is 3. The number of hydrogen-bond acceptors (Lipinski definition) is 5. The van der Waals surface area contributed by atoms with Crippen molar-refractivity contribution in [3.05, 3.63) is 71.8 Å². The van der Waals surface area contributed by atoms with E-state index in [2.05, 4.69) is 9.47 Å². The van der Waals surface area contributed by atoms with Crippen molar-refractivity contribution >= 4 is 17.9 Å². The van der Waals surface area contributed by atoms with Gasteiger partial charge in [-0.3, -0.25) is 14.4 Å². The van der Waals surface area contributed by atoms with Gasteiger partial charge in [-0.1, -0.05) is 75.0 Å². The Morgan fingerprint density at radius 2 is 1.57 bits per heavy atom. The van der Waals surface area contributed by atoms with E-state index in [9.17, 15) is 14.4 Å². The molecule has 3 rings (SSSR count). The van der Waals surface area contributed by atoms with Crippen molar-refractivity contribution in [2.24, 2.45) is 11.8 Å². The van der Waals surface area contributed by atoms with E-state index in [0.717, 1.165) is 12.0 Å². The Morgan fingerprint density at radius 3 is 2.04 bits per heavy atom. The molecule has 5 heteroatoms. The van der Waals surface area contributed by atoms with Crippen LogP contribution >= 0.6 is 0 Å². The van der Waals surface area contributed by atoms with Gasteiger partial charge in [0.2, 0.25) is 0 Å². The second kappa shape index (κ2) is 11.7. The Morgan fingerprint density at radius 1 is 1.04 bits per heavy atom. The van der Waals surface area contributed by atoms with Crippen LogP contribution in [0.15, 0.2) is 60.7 Å². The molecule has 28 heavy (non-hydrogen) atoms. The van der Waals surface area contributed by atoms with E-state index in [0.29, 0.717) is 6.42 Å². The van der Waals surface area contributed by atoms with E-state index in [1.807, 2.05) is 67.6 Å². The molecule has 0 bridgehead atoms. The number of ether oxygens (including phenoxy) is 2. The molecule has 0 saturated carbocycles. The van der Waals surface area contributed by atoms with Crippen molar-refractivity contribution in [3.63, 3.8) is 0 Å². The summed E-state index contributed by atoms with van der Waals surface area (Å²) in [5.74, 6) is -1.30. The highest BCUT2D eigenvalue weighted by Crippen LogP contribution is 2.20. The van der Waals surface area contributed by atoms with E-state index >= 15 is 0 Å². The summed E-state index contributed by atoms with van der Waals surface area (Å²) in [6.07, 6.45) is 1.55. The molecule has 1 aliphatic heterocycles. The molecule has 150 valence electrons. The lowest BCUT2D eigenvalue weighted by Crippen LogP contribution is -2.14. The highest BCUT2D eigenvalue weighted by atomic mass is 16.6. The second-order valence-corrected chi connectivity index (χ2v) is 6.50. The molecule has 1 fully saturated rings. The predicted molar refractivity (Wildman–Crippen MR) is 107 cm³/mol. The Hall–Kier alpha value is -2.95. The summed E-state index contributed by atoms with van der Waals surface area (Å²) in [6, 6.07) is 19.6. The van der Waals surface area contributed by atoms with Crippen LogP contribution < -0.4 is 0 Å². The molecule has 1 aliphatic rings. The highest BCUT2D eigenvalue weighted by Gasteiger charge is 2.33. The second-order valence-electron chi connectivity index (χ2n) is 6.50. The van der Waals surface area contributed by atoms with Gasteiger partial charge in [-0.05, 0) is 24.0 Å². The molecule has 0 amide bonds. The lowest BCUT2D eigenvalue weighted by molar-refractivity contribution is -0.153. The average Bonchev–Trinajstić information content (AvgIpc) is 3.00. The average molecular weight is 384 g/mol. The largest absolute Gasteiger partial charge is 0.469 e. The lowest BCUT2D eigenvalue weighted by Gasteiger charge is -2.08. The van der Waals surface area contributed by atoms with Crippen molar-refractivity contribution in [3.8, 4) is 0 Å². The standard InChI is InChI=1S/C11H10O3.C11H14O2.CH4/c12-10-7-9(11(13)14-10)6-8-4-2-1-3-5-8;1-9(11(12)13-2)8-10-6-4-3-5-7-10;/h1-5,9H,6-7H2;3-7,9H,8H2,1-2H3;1H4/t2*9-;/m11./s1. The first-order valence-electron chi connectivity index (χ1n) is 8.89. The van der Waals surface area contributed by atoms with Crippen LogP contribution in [0.3, 0.4) is 0 Å². The molecule has 2 aromatic rings. The molecule has 2 aromatic carbocycles. The van der Waals surface area contributed by atoms with E-state index < -0.39 is 5.97 Å². The van der Waals surface area contributed by atoms with Crippen molar-refractivity contribution in [2.45, 2.75) is 33.6 Å². The van der Waals surface area contributed by atoms with Crippen LogP contribution in [0.2, 0.25) is 0 Å². The number of methoxy groups -OCH3 is 1. The summed E-state index contributed by atoms with van der Waals surface area (Å²) in [5.41, 5.74) is 2.23. The van der Waals surface area contributed by atoms with E-state index in [4.69, 9.17) is 0 Å². The number of hydrogen-bond donors (Lipinski definition) is 0. The Labute approximate surface area is 166 Å². The minimum absolute atomic E-state index is 0. The molecule has 2 atom stereocenters. The molecule has 1 saturated heterocycles. The zero-order valence-electron chi connectivity index (χ0n) is 15.6. The Kier molecular flexibility index (Phi) is 9.65. The quantitative estimate of drug-likeness (QED) is 0.576. The molecular weight excluding hydrogens is 356 g/mol. The Bertz CT molecular complexity index is 755. The fourth-order valence-electron chi connectivity index (χ4n) is 2.83. The van der Waals surface area contributed by atoms with E-state index in [-0.39, 0.29) is 37.6 Å². The monoisotopic (exact) mass is 384 g/mol. The van der Waals surface area contributed by atoms with Crippen LogP contribution in [0.4, 0.5) is 0 Å². The SMILES string of the molecule is C.COC(=O)[C@H](C)Cc1ccccc1.O=C1C[C@@H](Cc2ccccc2)C(=O)O1. The molecule has 0 spiro atoms. The van der Waals surface area contributed by atoms with Gasteiger partial charge in [0.05, 0.1) is 25.4 Å². The molecule has 5 nitrogen and oxygen atoms in total. The smallest absolute Gasteiger partial charge is 0.317 e. The molecular formula is C23H28O5. The first-order valence-corrected chi connectivity index (χ1v) is 8.89. The van der Waals surface area contributed by atoms with Crippen LogP contribution in [0, 0.1) is 11.8 Å². The molecule has 0 unspecified atom stereocenters. The number of rotatable bonds is 5. The summed E-state index contributed by atoms with van der Waals surface area (Å²) in [6.45, 7) is 1.87. The molecule has 0 N–H and O–H groups in total. The zero-order valence-corrected chi connectivity index (χ0v) is 15.6. The van der Waals surface area contributed by atoms with Gasteiger partial charge in [-0.15, -0.1) is 0 Å². The summed E-state index contributed by atoms with van der Waals surface area (Å²) in [4.78, 5) is 33.1. The molecule has 0 aromatic heterocycles. The maximum absolute atomic E-state index is 11.1. The van der Waals surface area contributed by atoms with Crippen LogP contribution in [0.5, 0.6) is 0 Å².